The molecular formula is C28H30N6O2. The summed E-state index contributed by atoms with van der Waals surface area (Å²) in [6.45, 7) is 3.94. The molecule has 36 heavy (non-hydrogen) atoms. The summed E-state index contributed by atoms with van der Waals surface area (Å²) in [6, 6.07) is 15.7. The molecule has 4 aromatic rings. The van der Waals surface area contributed by atoms with Crippen molar-refractivity contribution in [1.29, 1.82) is 0 Å². The number of hydrogen-bond acceptors (Lipinski definition) is 7. The van der Waals surface area contributed by atoms with Crippen molar-refractivity contribution in [2.24, 2.45) is 0 Å². The van der Waals surface area contributed by atoms with Crippen molar-refractivity contribution in [1.82, 2.24) is 24.8 Å². The summed E-state index contributed by atoms with van der Waals surface area (Å²) < 4.78 is 14.2. The molecule has 2 aromatic heterocycles. The summed E-state index contributed by atoms with van der Waals surface area (Å²) in [4.78, 5) is 13.5. The molecule has 1 saturated carbocycles. The number of anilines is 1. The maximum atomic E-state index is 6.33. The van der Waals surface area contributed by atoms with Gasteiger partial charge in [-0.15, -0.1) is 0 Å². The van der Waals surface area contributed by atoms with E-state index in [1.54, 1.807) is 0 Å². The number of benzene rings is 2. The van der Waals surface area contributed by atoms with E-state index in [1.165, 1.54) is 18.4 Å². The fourth-order valence-electron chi connectivity index (χ4n) is 4.43. The number of ether oxygens (including phenoxy) is 2. The Hall–Kier alpha value is -3.91. The van der Waals surface area contributed by atoms with Crippen LogP contribution in [0.2, 0.25) is 0 Å². The Labute approximate surface area is 210 Å². The first-order valence-corrected chi connectivity index (χ1v) is 12.5. The second-order valence-electron chi connectivity index (χ2n) is 9.46. The predicted molar refractivity (Wildman–Crippen MR) is 139 cm³/mol. The van der Waals surface area contributed by atoms with E-state index in [0.29, 0.717) is 36.2 Å². The van der Waals surface area contributed by atoms with Gasteiger partial charge in [-0.3, -0.25) is 0 Å². The fraction of sp³-hybridized carbons (Fsp3) is 0.321. The lowest BCUT2D eigenvalue weighted by molar-refractivity contribution is 0.300. The van der Waals surface area contributed by atoms with Gasteiger partial charge in [0, 0.05) is 12.6 Å². The van der Waals surface area contributed by atoms with Crippen LogP contribution < -0.4 is 20.5 Å². The molecule has 0 radical (unpaired) electrons. The molecule has 0 saturated heterocycles. The molecular weight excluding hydrogens is 452 g/mol. The average molecular weight is 483 g/mol. The molecule has 0 unspecified atom stereocenters. The van der Waals surface area contributed by atoms with E-state index >= 15 is 0 Å². The van der Waals surface area contributed by atoms with Gasteiger partial charge in [-0.05, 0) is 73.6 Å². The summed E-state index contributed by atoms with van der Waals surface area (Å²) in [5.74, 6) is 2.85. The van der Waals surface area contributed by atoms with Gasteiger partial charge in [-0.2, -0.15) is 9.97 Å². The third kappa shape index (κ3) is 4.90. The SMILES string of the molecule is Cc1nc2c(N)nc3nc2n1Cc1ccc(Oc2ccc(CNC4CC4)cc2)c(c1)C/C=C\CCO3. The molecule has 0 amide bonds. The first-order chi connectivity index (χ1) is 17.6. The molecule has 1 fully saturated rings. The van der Waals surface area contributed by atoms with Crippen molar-refractivity contribution in [3.8, 4) is 17.5 Å². The number of hydrogen-bond donors (Lipinski definition) is 2. The van der Waals surface area contributed by atoms with Crippen LogP contribution in [0, 0.1) is 6.92 Å². The van der Waals surface area contributed by atoms with Gasteiger partial charge in [0.2, 0.25) is 0 Å². The minimum Gasteiger partial charge on any atom is -0.463 e. The summed E-state index contributed by atoms with van der Waals surface area (Å²) in [5, 5.41) is 3.55. The summed E-state index contributed by atoms with van der Waals surface area (Å²) in [5.41, 5.74) is 11.0. The monoisotopic (exact) mass is 482 g/mol. The molecule has 184 valence electrons. The molecule has 8 heteroatoms. The van der Waals surface area contributed by atoms with E-state index in [-0.39, 0.29) is 6.01 Å². The van der Waals surface area contributed by atoms with Gasteiger partial charge in [0.15, 0.2) is 17.0 Å². The molecule has 8 nitrogen and oxygen atoms in total. The lowest BCUT2D eigenvalue weighted by Gasteiger charge is -2.14. The number of imidazole rings is 1. The Morgan fingerprint density at radius 1 is 1.08 bits per heavy atom. The molecule has 6 rings (SSSR count). The summed E-state index contributed by atoms with van der Waals surface area (Å²) >= 11 is 0. The Morgan fingerprint density at radius 2 is 1.94 bits per heavy atom. The van der Waals surface area contributed by atoms with Crippen LogP contribution in [0.5, 0.6) is 17.5 Å². The number of allylic oxidation sites excluding steroid dienone is 1. The number of nitrogen functional groups attached to an aromatic ring is 1. The van der Waals surface area contributed by atoms with Crippen LogP contribution in [0.3, 0.4) is 0 Å². The number of aromatic nitrogens is 4. The standard InChI is InChI=1S/C28H30N6O2/c1-18-31-25-26(29)32-28-33-27(25)34(18)17-20-8-13-24(21(15-20)5-3-2-4-14-35-28)36-23-11-6-19(7-12-23)16-30-22-9-10-22/h2-3,6-8,11-13,15,22,30H,4-5,9-10,14,16-17H2,1H3,(H2,29,32,33)/b3-2-. The van der Waals surface area contributed by atoms with Crippen LogP contribution in [0.4, 0.5) is 5.82 Å². The van der Waals surface area contributed by atoms with Crippen LogP contribution in [0.25, 0.3) is 11.2 Å². The fourth-order valence-corrected chi connectivity index (χ4v) is 4.43. The van der Waals surface area contributed by atoms with E-state index in [9.17, 15) is 0 Å². The van der Waals surface area contributed by atoms with Crippen molar-refractivity contribution in [3.05, 3.63) is 77.1 Å². The van der Waals surface area contributed by atoms with Gasteiger partial charge >= 0.3 is 6.01 Å². The highest BCUT2D eigenvalue weighted by Crippen LogP contribution is 2.29. The second-order valence-corrected chi connectivity index (χ2v) is 9.46. The number of nitrogens with zero attached hydrogens (tertiary/aromatic N) is 4. The van der Waals surface area contributed by atoms with Crippen molar-refractivity contribution < 1.29 is 9.47 Å². The Balaban J connectivity index is 1.29. The number of fused-ring (bicyclic) bond motifs is 3. The molecule has 1 aliphatic heterocycles. The Bertz CT molecular complexity index is 1420. The van der Waals surface area contributed by atoms with Crippen molar-refractivity contribution in [2.75, 3.05) is 12.3 Å². The van der Waals surface area contributed by atoms with Crippen LogP contribution in [-0.4, -0.2) is 32.2 Å². The van der Waals surface area contributed by atoms with Crippen LogP contribution >= 0.6 is 0 Å². The molecule has 2 aliphatic rings. The normalized spacial score (nSPS) is 16.5. The van der Waals surface area contributed by atoms with Gasteiger partial charge in [0.25, 0.3) is 0 Å². The Kier molecular flexibility index (Phi) is 6.03. The predicted octanol–water partition coefficient (Wildman–Crippen LogP) is 4.69. The van der Waals surface area contributed by atoms with E-state index in [4.69, 9.17) is 15.2 Å². The first kappa shape index (κ1) is 22.5. The third-order valence-corrected chi connectivity index (χ3v) is 6.60. The largest absolute Gasteiger partial charge is 0.463 e. The molecule has 3 heterocycles. The van der Waals surface area contributed by atoms with Crippen LogP contribution in [0.15, 0.2) is 54.6 Å². The third-order valence-electron chi connectivity index (χ3n) is 6.60. The van der Waals surface area contributed by atoms with Crippen molar-refractivity contribution in [3.63, 3.8) is 0 Å². The van der Waals surface area contributed by atoms with Crippen LogP contribution in [-0.2, 0) is 19.5 Å². The molecule has 3 N–H and O–H groups in total. The lowest BCUT2D eigenvalue weighted by Crippen LogP contribution is -2.14. The van der Waals surface area contributed by atoms with Gasteiger partial charge in [-0.1, -0.05) is 30.4 Å². The topological polar surface area (TPSA) is 100 Å². The number of nitrogens with two attached hydrogens (primary N) is 1. The zero-order valence-corrected chi connectivity index (χ0v) is 20.4. The minimum atomic E-state index is 0.283. The van der Waals surface area contributed by atoms with Gasteiger partial charge in [0.1, 0.15) is 17.3 Å². The highest BCUT2D eigenvalue weighted by Gasteiger charge is 2.20. The van der Waals surface area contributed by atoms with Gasteiger partial charge in [-0.25, -0.2) is 4.98 Å². The lowest BCUT2D eigenvalue weighted by atomic mass is 10.1. The zero-order chi connectivity index (χ0) is 24.5. The van der Waals surface area contributed by atoms with Crippen molar-refractivity contribution in [2.45, 2.75) is 51.7 Å². The van der Waals surface area contributed by atoms with Crippen LogP contribution in [0.1, 0.15) is 41.8 Å². The van der Waals surface area contributed by atoms with E-state index in [2.05, 4.69) is 67.3 Å². The smallest absolute Gasteiger partial charge is 0.320 e. The molecule has 4 bridgehead atoms. The number of aryl methyl sites for hydroxylation is 1. The number of rotatable bonds is 5. The van der Waals surface area contributed by atoms with Gasteiger partial charge in [0.05, 0.1) is 13.2 Å². The van der Waals surface area contributed by atoms with Crippen molar-refractivity contribution >= 4 is 17.0 Å². The highest BCUT2D eigenvalue weighted by atomic mass is 16.5. The maximum Gasteiger partial charge on any atom is 0.320 e. The summed E-state index contributed by atoms with van der Waals surface area (Å²) in [6.07, 6.45) is 8.35. The van der Waals surface area contributed by atoms with E-state index < -0.39 is 0 Å². The molecule has 0 atom stereocenters. The highest BCUT2D eigenvalue weighted by molar-refractivity contribution is 5.82. The first-order valence-electron chi connectivity index (χ1n) is 12.5. The molecule has 1 aliphatic carbocycles. The minimum absolute atomic E-state index is 0.283. The quantitative estimate of drug-likeness (QED) is 0.398. The number of nitrogens with one attached hydrogen (secondary N) is 1. The Morgan fingerprint density at radius 3 is 2.78 bits per heavy atom. The van der Waals surface area contributed by atoms with E-state index in [1.807, 2.05) is 19.1 Å². The van der Waals surface area contributed by atoms with Gasteiger partial charge < -0.3 is 25.1 Å². The molecule has 0 spiro atoms. The second kappa shape index (κ2) is 9.62. The summed E-state index contributed by atoms with van der Waals surface area (Å²) in [7, 11) is 0. The molecule has 2 aromatic carbocycles. The van der Waals surface area contributed by atoms with E-state index in [0.717, 1.165) is 47.8 Å². The average Bonchev–Trinajstić information content (AvgIpc) is 3.66. The zero-order valence-electron chi connectivity index (χ0n) is 20.4. The maximum absolute atomic E-state index is 6.33.